The molecule has 0 atom stereocenters. The highest BCUT2D eigenvalue weighted by molar-refractivity contribution is 5.79. The zero-order valence-electron chi connectivity index (χ0n) is 13.4. The van der Waals surface area contributed by atoms with Crippen LogP contribution in [0, 0.1) is 6.92 Å². The molecular weight excluding hydrogens is 260 g/mol. The van der Waals surface area contributed by atoms with Crippen LogP contribution in [0.1, 0.15) is 30.4 Å². The number of hydrogen-bond acceptors (Lipinski definition) is 2. The van der Waals surface area contributed by atoms with Crippen LogP contribution in [0.4, 0.5) is 0 Å². The van der Waals surface area contributed by atoms with Gasteiger partial charge in [-0.15, -0.1) is 0 Å². The fourth-order valence-electron chi connectivity index (χ4n) is 2.63. The Balaban J connectivity index is 1.62. The highest BCUT2D eigenvalue weighted by atomic mass is 15.2. The molecular formula is C17H28N4. The zero-order chi connectivity index (χ0) is 14.9. The Hall–Kier alpha value is -1.55. The van der Waals surface area contributed by atoms with Gasteiger partial charge in [0.1, 0.15) is 0 Å². The van der Waals surface area contributed by atoms with Crippen LogP contribution in [0.15, 0.2) is 29.3 Å². The van der Waals surface area contributed by atoms with Gasteiger partial charge in [-0.3, -0.25) is 4.99 Å². The lowest BCUT2D eigenvalue weighted by molar-refractivity contribution is 0.334. The summed E-state index contributed by atoms with van der Waals surface area (Å²) in [7, 11) is 1.82. The molecule has 21 heavy (non-hydrogen) atoms. The minimum absolute atomic E-state index is 0.812. The monoisotopic (exact) mass is 288 g/mol. The third-order valence-electron chi connectivity index (χ3n) is 3.95. The molecule has 2 N–H and O–H groups in total. The Morgan fingerprint density at radius 3 is 2.52 bits per heavy atom. The van der Waals surface area contributed by atoms with E-state index in [1.807, 2.05) is 7.05 Å². The first-order valence-electron chi connectivity index (χ1n) is 8.00. The van der Waals surface area contributed by atoms with Crippen LogP contribution in [0.3, 0.4) is 0 Å². The van der Waals surface area contributed by atoms with Gasteiger partial charge in [0, 0.05) is 20.1 Å². The van der Waals surface area contributed by atoms with Crippen LogP contribution in [-0.4, -0.2) is 44.1 Å². The van der Waals surface area contributed by atoms with Crippen molar-refractivity contribution in [2.45, 2.75) is 32.7 Å². The van der Waals surface area contributed by atoms with Gasteiger partial charge >= 0.3 is 0 Å². The number of benzene rings is 1. The topological polar surface area (TPSA) is 39.7 Å². The van der Waals surface area contributed by atoms with E-state index in [0.29, 0.717) is 0 Å². The van der Waals surface area contributed by atoms with Gasteiger partial charge in [0.2, 0.25) is 0 Å². The third kappa shape index (κ3) is 5.76. The molecule has 1 aliphatic rings. The summed E-state index contributed by atoms with van der Waals surface area (Å²) in [4.78, 5) is 6.82. The van der Waals surface area contributed by atoms with E-state index in [2.05, 4.69) is 51.7 Å². The summed E-state index contributed by atoms with van der Waals surface area (Å²) < 4.78 is 0. The fourth-order valence-corrected chi connectivity index (χ4v) is 2.63. The summed E-state index contributed by atoms with van der Waals surface area (Å²) in [6.07, 6.45) is 3.91. The van der Waals surface area contributed by atoms with Crippen molar-refractivity contribution in [2.24, 2.45) is 4.99 Å². The van der Waals surface area contributed by atoms with Crippen LogP contribution in [0.2, 0.25) is 0 Å². The molecule has 0 amide bonds. The van der Waals surface area contributed by atoms with Crippen molar-refractivity contribution in [2.75, 3.05) is 33.2 Å². The molecule has 1 aliphatic heterocycles. The normalized spacial score (nSPS) is 16.2. The molecule has 116 valence electrons. The molecule has 4 nitrogen and oxygen atoms in total. The number of rotatable bonds is 6. The average molecular weight is 288 g/mol. The fraction of sp³-hybridized carbons (Fsp3) is 0.588. The Bertz CT molecular complexity index is 433. The van der Waals surface area contributed by atoms with Gasteiger partial charge in [0.15, 0.2) is 5.96 Å². The minimum atomic E-state index is 0.812. The molecule has 1 aromatic rings. The second-order valence-electron chi connectivity index (χ2n) is 5.74. The predicted octanol–water partition coefficient (Wildman–Crippen LogP) is 2.15. The third-order valence-corrected chi connectivity index (χ3v) is 3.95. The van der Waals surface area contributed by atoms with Crippen molar-refractivity contribution in [1.82, 2.24) is 15.5 Å². The molecule has 0 aliphatic carbocycles. The molecule has 0 radical (unpaired) electrons. The lowest BCUT2D eigenvalue weighted by Crippen LogP contribution is -2.38. The standard InChI is InChI=1S/C17H28N4/c1-15-6-8-16(9-7-15)14-20-17(18-2)19-10-5-13-21-11-3-4-12-21/h6-9H,3-5,10-14H2,1-2H3,(H2,18,19,20). The molecule has 2 rings (SSSR count). The molecule has 0 unspecified atom stereocenters. The maximum Gasteiger partial charge on any atom is 0.191 e. The number of aliphatic imine (C=N–C) groups is 1. The molecule has 4 heteroatoms. The number of aryl methyl sites for hydroxylation is 1. The second-order valence-corrected chi connectivity index (χ2v) is 5.74. The number of guanidine groups is 1. The first-order chi connectivity index (χ1) is 10.3. The first-order valence-corrected chi connectivity index (χ1v) is 8.00. The van der Waals surface area contributed by atoms with E-state index >= 15 is 0 Å². The SMILES string of the molecule is CN=C(NCCCN1CCCC1)NCc1ccc(C)cc1. The summed E-state index contributed by atoms with van der Waals surface area (Å²) in [5.74, 6) is 0.886. The van der Waals surface area contributed by atoms with E-state index in [-0.39, 0.29) is 0 Å². The van der Waals surface area contributed by atoms with E-state index < -0.39 is 0 Å². The van der Waals surface area contributed by atoms with Crippen molar-refractivity contribution in [3.63, 3.8) is 0 Å². The van der Waals surface area contributed by atoms with Crippen molar-refractivity contribution >= 4 is 5.96 Å². The molecule has 1 saturated heterocycles. The quantitative estimate of drug-likeness (QED) is 0.479. The van der Waals surface area contributed by atoms with E-state index in [1.165, 1.54) is 50.0 Å². The minimum Gasteiger partial charge on any atom is -0.356 e. The van der Waals surface area contributed by atoms with Crippen molar-refractivity contribution in [3.8, 4) is 0 Å². The van der Waals surface area contributed by atoms with Gasteiger partial charge < -0.3 is 15.5 Å². The van der Waals surface area contributed by atoms with E-state index in [4.69, 9.17) is 0 Å². The molecule has 0 spiro atoms. The highest BCUT2D eigenvalue weighted by Gasteiger charge is 2.10. The Labute approximate surface area is 128 Å². The smallest absolute Gasteiger partial charge is 0.191 e. The van der Waals surface area contributed by atoms with Gasteiger partial charge in [-0.1, -0.05) is 29.8 Å². The van der Waals surface area contributed by atoms with E-state index in [0.717, 1.165) is 19.0 Å². The molecule has 1 aromatic carbocycles. The Morgan fingerprint density at radius 1 is 1.14 bits per heavy atom. The molecule has 0 saturated carbocycles. The van der Waals surface area contributed by atoms with Gasteiger partial charge in [-0.2, -0.15) is 0 Å². The lowest BCUT2D eigenvalue weighted by atomic mass is 10.1. The molecule has 1 heterocycles. The summed E-state index contributed by atoms with van der Waals surface area (Å²) in [5, 5.41) is 6.75. The maximum absolute atomic E-state index is 4.27. The average Bonchev–Trinajstić information content (AvgIpc) is 3.01. The van der Waals surface area contributed by atoms with Crippen LogP contribution in [0.5, 0.6) is 0 Å². The maximum atomic E-state index is 4.27. The van der Waals surface area contributed by atoms with Gasteiger partial charge in [-0.05, 0) is 51.4 Å². The van der Waals surface area contributed by atoms with Crippen molar-refractivity contribution in [1.29, 1.82) is 0 Å². The molecule has 0 aromatic heterocycles. The summed E-state index contributed by atoms with van der Waals surface area (Å²) in [5.41, 5.74) is 2.57. The number of nitrogens with one attached hydrogen (secondary N) is 2. The predicted molar refractivity (Wildman–Crippen MR) is 89.7 cm³/mol. The molecule has 0 bridgehead atoms. The lowest BCUT2D eigenvalue weighted by Gasteiger charge is -2.16. The van der Waals surface area contributed by atoms with Crippen molar-refractivity contribution < 1.29 is 0 Å². The van der Waals surface area contributed by atoms with Crippen LogP contribution < -0.4 is 10.6 Å². The summed E-state index contributed by atoms with van der Waals surface area (Å²) in [6.45, 7) is 7.65. The van der Waals surface area contributed by atoms with Gasteiger partial charge in [0.05, 0.1) is 0 Å². The van der Waals surface area contributed by atoms with Crippen LogP contribution in [0.25, 0.3) is 0 Å². The Kier molecular flexibility index (Phi) is 6.54. The van der Waals surface area contributed by atoms with Crippen LogP contribution in [-0.2, 0) is 6.54 Å². The largest absolute Gasteiger partial charge is 0.356 e. The Morgan fingerprint density at radius 2 is 1.86 bits per heavy atom. The zero-order valence-corrected chi connectivity index (χ0v) is 13.4. The highest BCUT2D eigenvalue weighted by Crippen LogP contribution is 2.06. The number of likely N-dealkylation sites (tertiary alicyclic amines) is 1. The number of nitrogens with zero attached hydrogens (tertiary/aromatic N) is 2. The van der Waals surface area contributed by atoms with Crippen LogP contribution >= 0.6 is 0 Å². The number of hydrogen-bond donors (Lipinski definition) is 2. The summed E-state index contributed by atoms with van der Waals surface area (Å²) >= 11 is 0. The van der Waals surface area contributed by atoms with E-state index in [1.54, 1.807) is 0 Å². The van der Waals surface area contributed by atoms with E-state index in [9.17, 15) is 0 Å². The molecule has 1 fully saturated rings. The van der Waals surface area contributed by atoms with Gasteiger partial charge in [-0.25, -0.2) is 0 Å². The van der Waals surface area contributed by atoms with Crippen molar-refractivity contribution in [3.05, 3.63) is 35.4 Å². The second kappa shape index (κ2) is 8.67. The summed E-state index contributed by atoms with van der Waals surface area (Å²) in [6, 6.07) is 8.60. The van der Waals surface area contributed by atoms with Gasteiger partial charge in [0.25, 0.3) is 0 Å². The first kappa shape index (κ1) is 15.8.